The van der Waals surface area contributed by atoms with Gasteiger partial charge in [-0.25, -0.2) is 4.79 Å². The normalized spacial score (nSPS) is 7.57. The molecule has 0 atom stereocenters. The lowest BCUT2D eigenvalue weighted by Gasteiger charge is -1.56. The summed E-state index contributed by atoms with van der Waals surface area (Å²) < 4.78 is 0. The first-order valence-electron chi connectivity index (χ1n) is 1.99. The molecular weight excluding hydrogens is 88.1 g/mol. The Labute approximate surface area is 42.7 Å². The summed E-state index contributed by atoms with van der Waals surface area (Å²) in [7, 11) is 0. The average molecular weight is 94.1 g/mol. The van der Waals surface area contributed by atoms with Crippen molar-refractivity contribution in [1.82, 2.24) is 0 Å². The summed E-state index contributed by atoms with van der Waals surface area (Å²) in [6.07, 6.45) is 5.03. The van der Waals surface area contributed by atoms with Crippen molar-refractivity contribution < 1.29 is 4.79 Å². The van der Waals surface area contributed by atoms with Crippen LogP contribution in [0.4, 0.5) is 0 Å². The van der Waals surface area contributed by atoms with Crippen molar-refractivity contribution in [3.05, 3.63) is 24.0 Å². The lowest BCUT2D eigenvalue weighted by Crippen LogP contribution is -1.40. The molecule has 0 fully saturated rings. The van der Waals surface area contributed by atoms with Crippen LogP contribution >= 0.6 is 0 Å². The molecule has 7 heavy (non-hydrogen) atoms. The lowest BCUT2D eigenvalue weighted by atomic mass is 10.5. The van der Waals surface area contributed by atoms with Gasteiger partial charge < -0.3 is 0 Å². The van der Waals surface area contributed by atoms with Crippen LogP contribution in [0, 0.1) is 0 Å². The van der Waals surface area contributed by atoms with E-state index >= 15 is 0 Å². The van der Waals surface area contributed by atoms with Gasteiger partial charge in [0.05, 0.1) is 0 Å². The van der Waals surface area contributed by atoms with Gasteiger partial charge in [0.15, 0.2) is 5.94 Å². The van der Waals surface area contributed by atoms with Crippen LogP contribution in [0.1, 0.15) is 6.92 Å². The second-order valence-corrected chi connectivity index (χ2v) is 0.939. The van der Waals surface area contributed by atoms with E-state index in [0.717, 1.165) is 0 Å². The summed E-state index contributed by atoms with van der Waals surface area (Å²) in [6.45, 7) is 1.86. The second-order valence-electron chi connectivity index (χ2n) is 0.939. The molecule has 0 aliphatic carbocycles. The SMILES string of the molecule is CC=CC=C=C=O. The van der Waals surface area contributed by atoms with Gasteiger partial charge in [0.25, 0.3) is 0 Å². The Kier molecular flexibility index (Phi) is 4.24. The van der Waals surface area contributed by atoms with Crippen molar-refractivity contribution in [2.45, 2.75) is 6.92 Å². The molecule has 1 heteroatoms. The molecule has 0 rings (SSSR count). The summed E-state index contributed by atoms with van der Waals surface area (Å²) in [5.41, 5.74) is 2.23. The quantitative estimate of drug-likeness (QED) is 0.270. The van der Waals surface area contributed by atoms with Crippen molar-refractivity contribution in [2.75, 3.05) is 0 Å². The standard InChI is InChI=1S/C6H6O/c1-2-3-4-5-6-7/h2-4H,1H3. The lowest BCUT2D eigenvalue weighted by molar-refractivity contribution is 0.569. The van der Waals surface area contributed by atoms with Gasteiger partial charge in [-0.05, 0) is 18.7 Å². The Bertz CT molecular complexity index is 132. The third-order valence-corrected chi connectivity index (χ3v) is 0.431. The first kappa shape index (κ1) is 5.97. The molecule has 0 saturated carbocycles. The highest BCUT2D eigenvalue weighted by Crippen LogP contribution is 1.66. The molecule has 0 aromatic heterocycles. The molecule has 0 aliphatic rings. The minimum atomic E-state index is 1.50. The van der Waals surface area contributed by atoms with E-state index in [1.165, 1.54) is 12.0 Å². The predicted molar refractivity (Wildman–Crippen MR) is 28.6 cm³/mol. The van der Waals surface area contributed by atoms with E-state index < -0.39 is 0 Å². The highest BCUT2D eigenvalue weighted by atomic mass is 16.1. The van der Waals surface area contributed by atoms with Crippen LogP contribution in [-0.4, -0.2) is 5.94 Å². The zero-order valence-electron chi connectivity index (χ0n) is 4.14. The summed E-state index contributed by atoms with van der Waals surface area (Å²) >= 11 is 0. The molecule has 0 N–H and O–H groups in total. The van der Waals surface area contributed by atoms with Gasteiger partial charge in [-0.15, -0.1) is 0 Å². The second kappa shape index (κ2) is 4.97. The molecular formula is C6H6O. The van der Waals surface area contributed by atoms with Crippen molar-refractivity contribution in [3.63, 3.8) is 0 Å². The van der Waals surface area contributed by atoms with Gasteiger partial charge in [-0.2, -0.15) is 0 Å². The Hall–Kier alpha value is -1.03. The number of rotatable bonds is 1. The molecule has 0 heterocycles. The molecule has 36 valence electrons. The highest BCUT2D eigenvalue weighted by Gasteiger charge is 1.49. The summed E-state index contributed by atoms with van der Waals surface area (Å²) in [5, 5.41) is 0. The zero-order valence-corrected chi connectivity index (χ0v) is 4.14. The van der Waals surface area contributed by atoms with Crippen molar-refractivity contribution in [2.24, 2.45) is 0 Å². The van der Waals surface area contributed by atoms with Gasteiger partial charge in [0.1, 0.15) is 0 Å². The predicted octanol–water partition coefficient (Wildman–Crippen LogP) is 1.11. The maximum atomic E-state index is 9.38. The first-order valence-corrected chi connectivity index (χ1v) is 1.99. The van der Waals surface area contributed by atoms with E-state index in [1.807, 2.05) is 13.0 Å². The molecule has 0 bridgehead atoms. The number of carbonyl (C=O) groups excluding carboxylic acids is 1. The molecule has 0 aromatic rings. The van der Waals surface area contributed by atoms with E-state index in [0.29, 0.717) is 0 Å². The molecule has 0 radical (unpaired) electrons. The molecule has 0 saturated heterocycles. The Balaban J connectivity index is 3.71. The summed E-state index contributed by atoms with van der Waals surface area (Å²) in [4.78, 5) is 9.38. The molecule has 1 nitrogen and oxygen atoms in total. The Morgan fingerprint density at radius 1 is 1.57 bits per heavy atom. The molecule has 0 spiro atoms. The van der Waals surface area contributed by atoms with Gasteiger partial charge in [0, 0.05) is 0 Å². The molecule has 0 amide bonds. The minimum Gasteiger partial charge on any atom is -0.224 e. The molecule has 0 aliphatic heterocycles. The van der Waals surface area contributed by atoms with E-state index in [-0.39, 0.29) is 0 Å². The van der Waals surface area contributed by atoms with Crippen molar-refractivity contribution in [3.8, 4) is 0 Å². The van der Waals surface area contributed by atoms with E-state index in [2.05, 4.69) is 5.73 Å². The zero-order chi connectivity index (χ0) is 5.54. The third-order valence-electron chi connectivity index (χ3n) is 0.431. The first-order chi connectivity index (χ1) is 3.41. The van der Waals surface area contributed by atoms with Gasteiger partial charge >= 0.3 is 0 Å². The molecule has 0 aromatic carbocycles. The monoisotopic (exact) mass is 94.0 g/mol. The maximum Gasteiger partial charge on any atom is 0.177 e. The van der Waals surface area contributed by atoms with E-state index in [1.54, 1.807) is 6.08 Å². The number of hydrogen-bond acceptors (Lipinski definition) is 1. The number of allylic oxidation sites excluding steroid dienone is 3. The van der Waals surface area contributed by atoms with Crippen LogP contribution in [0.3, 0.4) is 0 Å². The smallest absolute Gasteiger partial charge is 0.177 e. The van der Waals surface area contributed by atoms with E-state index in [9.17, 15) is 4.79 Å². The minimum absolute atomic E-state index is 1.50. The van der Waals surface area contributed by atoms with Crippen LogP contribution in [-0.2, 0) is 4.79 Å². The van der Waals surface area contributed by atoms with Crippen LogP contribution in [0.25, 0.3) is 0 Å². The van der Waals surface area contributed by atoms with Gasteiger partial charge in [-0.1, -0.05) is 12.2 Å². The number of hydrogen-bond donors (Lipinski definition) is 0. The van der Waals surface area contributed by atoms with E-state index in [4.69, 9.17) is 0 Å². The fourth-order valence-corrected chi connectivity index (χ4v) is 0.178. The largest absolute Gasteiger partial charge is 0.224 e. The Morgan fingerprint density at radius 2 is 2.29 bits per heavy atom. The third kappa shape index (κ3) is 4.97. The average Bonchev–Trinajstić information content (AvgIpc) is 1.69. The van der Waals surface area contributed by atoms with Crippen molar-refractivity contribution >= 4 is 5.94 Å². The fourth-order valence-electron chi connectivity index (χ4n) is 0.178. The topological polar surface area (TPSA) is 17.1 Å². The summed E-state index contributed by atoms with van der Waals surface area (Å²) in [6, 6.07) is 0. The van der Waals surface area contributed by atoms with Crippen LogP contribution < -0.4 is 0 Å². The van der Waals surface area contributed by atoms with Crippen molar-refractivity contribution in [1.29, 1.82) is 0 Å². The van der Waals surface area contributed by atoms with Gasteiger partial charge in [-0.3, -0.25) is 0 Å². The fraction of sp³-hybridized carbons (Fsp3) is 0.167. The highest BCUT2D eigenvalue weighted by molar-refractivity contribution is 5.44. The summed E-state index contributed by atoms with van der Waals surface area (Å²) in [5.74, 6) is 1.50. The van der Waals surface area contributed by atoms with Crippen LogP contribution in [0.15, 0.2) is 24.0 Å². The van der Waals surface area contributed by atoms with Crippen LogP contribution in [0.2, 0.25) is 0 Å². The van der Waals surface area contributed by atoms with Gasteiger partial charge in [0.2, 0.25) is 0 Å². The molecule has 0 unspecified atom stereocenters. The maximum absolute atomic E-state index is 9.38. The Morgan fingerprint density at radius 3 is 2.71 bits per heavy atom. The van der Waals surface area contributed by atoms with Crippen LogP contribution in [0.5, 0.6) is 0 Å².